The van der Waals surface area contributed by atoms with E-state index in [1.807, 2.05) is 26.0 Å². The number of nitrogens with zero attached hydrogens (tertiary/aromatic N) is 2. The molecule has 0 heterocycles. The minimum atomic E-state index is 0.473. The van der Waals surface area contributed by atoms with Gasteiger partial charge in [-0.3, -0.25) is 0 Å². The number of azo groups is 1. The molecule has 0 saturated carbocycles. The Morgan fingerprint density at radius 1 is 0.895 bits per heavy atom. The molecule has 2 rings (SSSR count). The summed E-state index contributed by atoms with van der Waals surface area (Å²) in [6.45, 7) is 3.87. The highest BCUT2D eigenvalue weighted by molar-refractivity contribution is 6.36. The predicted molar refractivity (Wildman–Crippen MR) is 81.0 cm³/mol. The van der Waals surface area contributed by atoms with Crippen LogP contribution in [0.4, 0.5) is 17.1 Å². The third-order valence-electron chi connectivity index (χ3n) is 2.76. The first-order valence-electron chi connectivity index (χ1n) is 5.71. The molecule has 0 fully saturated rings. The minimum absolute atomic E-state index is 0.473. The Balaban J connectivity index is 2.35. The molecule has 0 aliphatic heterocycles. The summed E-state index contributed by atoms with van der Waals surface area (Å²) in [6, 6.07) is 8.88. The summed E-state index contributed by atoms with van der Waals surface area (Å²) in [6.07, 6.45) is 0. The van der Waals surface area contributed by atoms with Crippen LogP contribution in [0.1, 0.15) is 11.1 Å². The molecule has 0 aliphatic rings. The summed E-state index contributed by atoms with van der Waals surface area (Å²) in [4.78, 5) is 0. The van der Waals surface area contributed by atoms with E-state index < -0.39 is 0 Å². The molecule has 0 radical (unpaired) electrons. The lowest BCUT2D eigenvalue weighted by molar-refractivity contribution is 1.20. The zero-order chi connectivity index (χ0) is 14.0. The Morgan fingerprint density at radius 3 is 2.26 bits per heavy atom. The van der Waals surface area contributed by atoms with E-state index in [1.54, 1.807) is 18.2 Å². The first-order valence-corrected chi connectivity index (χ1v) is 6.46. The SMILES string of the molecule is Cc1cc(/N=N/c2ccc(Cl)cc2Cl)c(C)cc1N. The van der Waals surface area contributed by atoms with Gasteiger partial charge in [0.05, 0.1) is 10.7 Å². The number of nitrogen functional groups attached to an aromatic ring is 1. The summed E-state index contributed by atoms with van der Waals surface area (Å²) in [5.74, 6) is 0. The van der Waals surface area contributed by atoms with Crippen molar-refractivity contribution >= 4 is 40.3 Å². The molecule has 2 aromatic carbocycles. The second-order valence-electron chi connectivity index (χ2n) is 4.29. The molecule has 0 aromatic heterocycles. The van der Waals surface area contributed by atoms with Crippen LogP contribution in [0.5, 0.6) is 0 Å². The Morgan fingerprint density at radius 2 is 1.58 bits per heavy atom. The number of hydrogen-bond donors (Lipinski definition) is 1. The van der Waals surface area contributed by atoms with Crippen molar-refractivity contribution in [3.8, 4) is 0 Å². The summed E-state index contributed by atoms with van der Waals surface area (Å²) in [5, 5.41) is 9.40. The van der Waals surface area contributed by atoms with Crippen LogP contribution in [0.15, 0.2) is 40.6 Å². The van der Waals surface area contributed by atoms with Crippen LogP contribution in [0.3, 0.4) is 0 Å². The number of aryl methyl sites for hydroxylation is 2. The first kappa shape index (κ1) is 13.8. The highest BCUT2D eigenvalue weighted by atomic mass is 35.5. The van der Waals surface area contributed by atoms with Crippen LogP contribution < -0.4 is 5.73 Å². The zero-order valence-electron chi connectivity index (χ0n) is 10.6. The molecule has 0 amide bonds. The van der Waals surface area contributed by atoms with Gasteiger partial charge in [-0.1, -0.05) is 23.2 Å². The van der Waals surface area contributed by atoms with Gasteiger partial charge in [0.1, 0.15) is 5.69 Å². The molecule has 0 spiro atoms. The van der Waals surface area contributed by atoms with Crippen LogP contribution in [-0.4, -0.2) is 0 Å². The van der Waals surface area contributed by atoms with Gasteiger partial charge < -0.3 is 5.73 Å². The van der Waals surface area contributed by atoms with E-state index in [1.165, 1.54) is 0 Å². The quantitative estimate of drug-likeness (QED) is 0.568. The van der Waals surface area contributed by atoms with Crippen molar-refractivity contribution in [3.05, 3.63) is 51.5 Å². The molecule has 19 heavy (non-hydrogen) atoms. The lowest BCUT2D eigenvalue weighted by atomic mass is 10.1. The lowest BCUT2D eigenvalue weighted by Gasteiger charge is -2.04. The van der Waals surface area contributed by atoms with Gasteiger partial charge in [0.25, 0.3) is 0 Å². The van der Waals surface area contributed by atoms with E-state index in [0.717, 1.165) is 22.5 Å². The van der Waals surface area contributed by atoms with E-state index in [9.17, 15) is 0 Å². The molecule has 0 saturated heterocycles. The minimum Gasteiger partial charge on any atom is -0.399 e. The normalized spacial score (nSPS) is 11.2. The molecule has 5 heteroatoms. The Bertz CT molecular complexity index is 651. The lowest BCUT2D eigenvalue weighted by Crippen LogP contribution is -1.89. The van der Waals surface area contributed by atoms with E-state index in [-0.39, 0.29) is 0 Å². The topological polar surface area (TPSA) is 50.7 Å². The summed E-state index contributed by atoms with van der Waals surface area (Å²) >= 11 is 11.9. The molecule has 0 bridgehead atoms. The molecule has 3 nitrogen and oxygen atoms in total. The van der Waals surface area contributed by atoms with E-state index in [0.29, 0.717) is 15.7 Å². The molecule has 0 aliphatic carbocycles. The van der Waals surface area contributed by atoms with E-state index >= 15 is 0 Å². The second kappa shape index (κ2) is 5.59. The van der Waals surface area contributed by atoms with Gasteiger partial charge in [-0.15, -0.1) is 5.11 Å². The molecule has 98 valence electrons. The van der Waals surface area contributed by atoms with E-state index in [2.05, 4.69) is 10.2 Å². The second-order valence-corrected chi connectivity index (χ2v) is 5.13. The van der Waals surface area contributed by atoms with Gasteiger partial charge in [-0.2, -0.15) is 5.11 Å². The van der Waals surface area contributed by atoms with E-state index in [4.69, 9.17) is 28.9 Å². The highest BCUT2D eigenvalue weighted by Gasteiger charge is 2.03. The van der Waals surface area contributed by atoms with Gasteiger partial charge in [0.15, 0.2) is 0 Å². The van der Waals surface area contributed by atoms with Crippen molar-refractivity contribution in [3.63, 3.8) is 0 Å². The number of hydrogen-bond acceptors (Lipinski definition) is 3. The summed E-state index contributed by atoms with van der Waals surface area (Å²) < 4.78 is 0. The van der Waals surface area contributed by atoms with Crippen LogP contribution in [-0.2, 0) is 0 Å². The average molecular weight is 294 g/mol. The van der Waals surface area contributed by atoms with Crippen molar-refractivity contribution < 1.29 is 0 Å². The van der Waals surface area contributed by atoms with Crippen LogP contribution in [0, 0.1) is 13.8 Å². The smallest absolute Gasteiger partial charge is 0.104 e. The fourth-order valence-electron chi connectivity index (χ4n) is 1.60. The first-order chi connectivity index (χ1) is 8.97. The Labute approximate surface area is 122 Å². The fraction of sp³-hybridized carbons (Fsp3) is 0.143. The van der Waals surface area contributed by atoms with Crippen molar-refractivity contribution in [2.45, 2.75) is 13.8 Å². The maximum Gasteiger partial charge on any atom is 0.104 e. The van der Waals surface area contributed by atoms with Gasteiger partial charge in [0.2, 0.25) is 0 Å². The van der Waals surface area contributed by atoms with Crippen LogP contribution in [0.25, 0.3) is 0 Å². The van der Waals surface area contributed by atoms with Crippen LogP contribution in [0.2, 0.25) is 10.0 Å². The summed E-state index contributed by atoms with van der Waals surface area (Å²) in [7, 11) is 0. The molecule has 0 unspecified atom stereocenters. The number of nitrogens with two attached hydrogens (primary N) is 1. The summed E-state index contributed by atoms with van der Waals surface area (Å²) in [5.41, 5.74) is 9.88. The van der Waals surface area contributed by atoms with Gasteiger partial charge >= 0.3 is 0 Å². The molecule has 2 N–H and O–H groups in total. The fourth-order valence-corrected chi connectivity index (χ4v) is 2.05. The molecule has 2 aromatic rings. The number of anilines is 1. The maximum absolute atomic E-state index is 6.03. The Kier molecular flexibility index (Phi) is 4.08. The largest absolute Gasteiger partial charge is 0.399 e. The molecular weight excluding hydrogens is 281 g/mol. The maximum atomic E-state index is 6.03. The third-order valence-corrected chi connectivity index (χ3v) is 3.30. The van der Waals surface area contributed by atoms with Gasteiger partial charge in [0, 0.05) is 10.7 Å². The predicted octanol–water partition coefficient (Wildman–Crippen LogP) is 5.61. The molecule has 0 atom stereocenters. The monoisotopic (exact) mass is 293 g/mol. The van der Waals surface area contributed by atoms with Gasteiger partial charge in [-0.05, 0) is 55.3 Å². The Hall–Kier alpha value is -1.58. The zero-order valence-corrected chi connectivity index (χ0v) is 12.1. The number of benzene rings is 2. The number of halogens is 2. The highest BCUT2D eigenvalue weighted by Crippen LogP contribution is 2.31. The average Bonchev–Trinajstić information content (AvgIpc) is 2.34. The van der Waals surface area contributed by atoms with Gasteiger partial charge in [-0.25, -0.2) is 0 Å². The van der Waals surface area contributed by atoms with Crippen molar-refractivity contribution in [1.82, 2.24) is 0 Å². The standard InChI is InChI=1S/C14H13Cl2N3/c1-8-6-14(9(2)5-12(8)17)19-18-13-4-3-10(15)7-11(13)16/h3-7H,17H2,1-2H3/b19-18+. The van der Waals surface area contributed by atoms with Crippen molar-refractivity contribution in [2.24, 2.45) is 10.2 Å². The number of rotatable bonds is 2. The van der Waals surface area contributed by atoms with Crippen molar-refractivity contribution in [2.75, 3.05) is 5.73 Å². The molecular formula is C14H13Cl2N3. The third kappa shape index (κ3) is 3.25. The van der Waals surface area contributed by atoms with Crippen molar-refractivity contribution in [1.29, 1.82) is 0 Å². The van der Waals surface area contributed by atoms with Crippen LogP contribution >= 0.6 is 23.2 Å².